The number of nitrogens with one attached hydrogen (secondary N) is 1. The number of aromatic amines is 1. The molecule has 0 aliphatic heterocycles. The van der Waals surface area contributed by atoms with Crippen LogP contribution in [0.25, 0.3) is 11.4 Å². The van der Waals surface area contributed by atoms with E-state index in [1.54, 1.807) is 31.5 Å². The Morgan fingerprint density at radius 1 is 1.22 bits per heavy atom. The van der Waals surface area contributed by atoms with Gasteiger partial charge >= 0.3 is 0 Å². The Bertz CT molecular complexity index is 899. The molecule has 0 radical (unpaired) electrons. The second-order valence-corrected chi connectivity index (χ2v) is 5.05. The van der Waals surface area contributed by atoms with Crippen LogP contribution in [0.15, 0.2) is 53.6 Å². The zero-order valence-electron chi connectivity index (χ0n) is 12.2. The largest absolute Gasteiger partial charge is 0.497 e. The van der Waals surface area contributed by atoms with Gasteiger partial charge in [0, 0.05) is 0 Å². The molecule has 0 aliphatic rings. The SMILES string of the molecule is COc1ccc(/C=N\n2c(-c3ccccc3F)n[nH]c2=S)cc1. The van der Waals surface area contributed by atoms with Crippen LogP contribution in [-0.2, 0) is 0 Å². The minimum Gasteiger partial charge on any atom is -0.497 e. The van der Waals surface area contributed by atoms with Crippen LogP contribution in [0.5, 0.6) is 5.75 Å². The van der Waals surface area contributed by atoms with Crippen molar-refractivity contribution in [2.45, 2.75) is 0 Å². The van der Waals surface area contributed by atoms with Crippen LogP contribution in [0.1, 0.15) is 5.56 Å². The number of H-pyrrole nitrogens is 1. The van der Waals surface area contributed by atoms with Gasteiger partial charge in [0.1, 0.15) is 11.6 Å². The first-order chi connectivity index (χ1) is 11.2. The Morgan fingerprint density at radius 2 is 1.96 bits per heavy atom. The summed E-state index contributed by atoms with van der Waals surface area (Å²) in [5.41, 5.74) is 1.18. The molecule has 0 atom stereocenters. The lowest BCUT2D eigenvalue weighted by Gasteiger charge is -2.02. The van der Waals surface area contributed by atoms with Crippen molar-refractivity contribution in [2.24, 2.45) is 5.10 Å². The molecule has 0 saturated carbocycles. The average molecular weight is 328 g/mol. The van der Waals surface area contributed by atoms with E-state index in [2.05, 4.69) is 15.3 Å². The van der Waals surface area contributed by atoms with Gasteiger partial charge < -0.3 is 4.74 Å². The molecule has 0 fully saturated rings. The van der Waals surface area contributed by atoms with E-state index in [9.17, 15) is 4.39 Å². The summed E-state index contributed by atoms with van der Waals surface area (Å²) in [6.07, 6.45) is 1.62. The Balaban J connectivity index is 1.97. The topological polar surface area (TPSA) is 55.2 Å². The number of hydrogen-bond donors (Lipinski definition) is 1. The zero-order valence-corrected chi connectivity index (χ0v) is 13.0. The molecule has 0 amide bonds. The summed E-state index contributed by atoms with van der Waals surface area (Å²) < 4.78 is 20.7. The van der Waals surface area contributed by atoms with Gasteiger partial charge in [-0.3, -0.25) is 0 Å². The zero-order chi connectivity index (χ0) is 16.2. The van der Waals surface area contributed by atoms with E-state index in [1.807, 2.05) is 24.3 Å². The van der Waals surface area contributed by atoms with E-state index >= 15 is 0 Å². The van der Waals surface area contributed by atoms with E-state index in [0.29, 0.717) is 11.4 Å². The predicted octanol–water partition coefficient (Wildman–Crippen LogP) is 3.64. The molecule has 7 heteroatoms. The van der Waals surface area contributed by atoms with Gasteiger partial charge in [0.25, 0.3) is 0 Å². The molecule has 0 unspecified atom stereocenters. The fraction of sp³-hybridized carbons (Fsp3) is 0.0625. The summed E-state index contributed by atoms with van der Waals surface area (Å²) in [6, 6.07) is 13.7. The maximum atomic E-state index is 13.9. The Morgan fingerprint density at radius 3 is 2.65 bits per heavy atom. The number of ether oxygens (including phenoxy) is 1. The van der Waals surface area contributed by atoms with Crippen molar-refractivity contribution in [1.82, 2.24) is 14.9 Å². The van der Waals surface area contributed by atoms with Crippen LogP contribution in [0.3, 0.4) is 0 Å². The molecule has 116 valence electrons. The summed E-state index contributed by atoms with van der Waals surface area (Å²) in [5, 5.41) is 11.0. The molecular formula is C16H13FN4OS. The van der Waals surface area contributed by atoms with Crippen LogP contribution in [0.2, 0.25) is 0 Å². The monoisotopic (exact) mass is 328 g/mol. The van der Waals surface area contributed by atoms with E-state index in [1.165, 1.54) is 10.7 Å². The van der Waals surface area contributed by atoms with Crippen LogP contribution in [0, 0.1) is 10.6 Å². The molecular weight excluding hydrogens is 315 g/mol. The van der Waals surface area contributed by atoms with Gasteiger partial charge in [0.05, 0.1) is 18.9 Å². The maximum Gasteiger partial charge on any atom is 0.216 e. The highest BCUT2D eigenvalue weighted by atomic mass is 32.1. The molecule has 3 rings (SSSR count). The number of nitrogens with zero attached hydrogens (tertiary/aromatic N) is 3. The lowest BCUT2D eigenvalue weighted by atomic mass is 10.2. The Hall–Kier alpha value is -2.80. The molecule has 1 heterocycles. The molecule has 1 N–H and O–H groups in total. The van der Waals surface area contributed by atoms with Crippen molar-refractivity contribution in [2.75, 3.05) is 7.11 Å². The van der Waals surface area contributed by atoms with Crippen LogP contribution >= 0.6 is 12.2 Å². The second kappa shape index (κ2) is 6.53. The highest BCUT2D eigenvalue weighted by Gasteiger charge is 2.12. The van der Waals surface area contributed by atoms with Crippen molar-refractivity contribution >= 4 is 18.4 Å². The number of halogens is 1. The smallest absolute Gasteiger partial charge is 0.216 e. The molecule has 0 spiro atoms. The van der Waals surface area contributed by atoms with Gasteiger partial charge in [0.2, 0.25) is 4.77 Å². The van der Waals surface area contributed by atoms with Gasteiger partial charge in [-0.2, -0.15) is 14.9 Å². The number of methoxy groups -OCH3 is 1. The third-order valence-electron chi connectivity index (χ3n) is 3.20. The third kappa shape index (κ3) is 3.19. The average Bonchev–Trinajstić information content (AvgIpc) is 2.94. The van der Waals surface area contributed by atoms with Crippen molar-refractivity contribution in [3.05, 3.63) is 64.7 Å². The third-order valence-corrected chi connectivity index (χ3v) is 3.47. The van der Waals surface area contributed by atoms with Gasteiger partial charge in [-0.15, -0.1) is 0 Å². The summed E-state index contributed by atoms with van der Waals surface area (Å²) in [7, 11) is 1.61. The van der Waals surface area contributed by atoms with Gasteiger partial charge in [-0.25, -0.2) is 9.49 Å². The number of aromatic nitrogens is 3. The van der Waals surface area contributed by atoms with Crippen molar-refractivity contribution in [3.63, 3.8) is 0 Å². The van der Waals surface area contributed by atoms with Gasteiger partial charge in [0.15, 0.2) is 5.82 Å². The first kappa shape index (κ1) is 15.1. The van der Waals surface area contributed by atoms with Crippen molar-refractivity contribution in [1.29, 1.82) is 0 Å². The number of hydrogen-bond acceptors (Lipinski definition) is 4. The lowest BCUT2D eigenvalue weighted by Crippen LogP contribution is -1.96. The van der Waals surface area contributed by atoms with E-state index in [-0.39, 0.29) is 10.6 Å². The van der Waals surface area contributed by atoms with E-state index < -0.39 is 0 Å². The molecule has 0 bridgehead atoms. The minimum absolute atomic E-state index is 0.285. The summed E-state index contributed by atoms with van der Waals surface area (Å²) in [6.45, 7) is 0. The van der Waals surface area contributed by atoms with Crippen molar-refractivity contribution in [3.8, 4) is 17.1 Å². The van der Waals surface area contributed by atoms with Crippen molar-refractivity contribution < 1.29 is 9.13 Å². The summed E-state index contributed by atoms with van der Waals surface area (Å²) >= 11 is 5.16. The first-order valence-electron chi connectivity index (χ1n) is 6.80. The fourth-order valence-corrected chi connectivity index (χ4v) is 2.21. The predicted molar refractivity (Wildman–Crippen MR) is 88.8 cm³/mol. The fourth-order valence-electron chi connectivity index (χ4n) is 2.03. The van der Waals surface area contributed by atoms with Crippen LogP contribution in [-0.4, -0.2) is 28.2 Å². The number of rotatable bonds is 4. The highest BCUT2D eigenvalue weighted by molar-refractivity contribution is 7.71. The molecule has 1 aromatic heterocycles. The molecule has 2 aromatic carbocycles. The maximum absolute atomic E-state index is 13.9. The Kier molecular flexibility index (Phi) is 4.29. The number of benzene rings is 2. The second-order valence-electron chi connectivity index (χ2n) is 4.66. The standard InChI is InChI=1S/C16H13FN4OS/c1-22-12-8-6-11(7-9-12)10-18-21-15(19-20-16(21)23)13-4-2-3-5-14(13)17/h2-10H,1H3,(H,20,23)/b18-10-. The Labute approximate surface area is 137 Å². The quantitative estimate of drug-likeness (QED) is 0.588. The minimum atomic E-state index is -0.387. The molecule has 0 saturated heterocycles. The van der Waals surface area contributed by atoms with E-state index in [4.69, 9.17) is 17.0 Å². The van der Waals surface area contributed by atoms with Gasteiger partial charge in [-0.1, -0.05) is 12.1 Å². The molecule has 3 aromatic rings. The first-order valence-corrected chi connectivity index (χ1v) is 7.20. The molecule has 23 heavy (non-hydrogen) atoms. The van der Waals surface area contributed by atoms with Crippen LogP contribution < -0.4 is 4.74 Å². The highest BCUT2D eigenvalue weighted by Crippen LogP contribution is 2.20. The lowest BCUT2D eigenvalue weighted by molar-refractivity contribution is 0.415. The van der Waals surface area contributed by atoms with Gasteiger partial charge in [-0.05, 0) is 54.2 Å². The van der Waals surface area contributed by atoms with Crippen LogP contribution in [0.4, 0.5) is 4.39 Å². The summed E-state index contributed by atoms with van der Waals surface area (Å²) in [5.74, 6) is 0.689. The molecule has 5 nitrogen and oxygen atoms in total. The normalized spacial score (nSPS) is 11.0. The summed E-state index contributed by atoms with van der Waals surface area (Å²) in [4.78, 5) is 0. The molecule has 0 aliphatic carbocycles. The van der Waals surface area contributed by atoms with E-state index in [0.717, 1.165) is 11.3 Å².